The lowest BCUT2D eigenvalue weighted by Gasteiger charge is -2.32. The maximum absolute atomic E-state index is 14.8. The molecule has 2 N–H and O–H groups in total. The number of amides is 4. The van der Waals surface area contributed by atoms with Crippen LogP contribution in [0.1, 0.15) is 185 Å². The van der Waals surface area contributed by atoms with Crippen LogP contribution < -0.4 is 28.4 Å². The van der Waals surface area contributed by atoms with Crippen molar-refractivity contribution in [2.24, 2.45) is 58.2 Å². The molecule has 14 atom stereocenters. The minimum Gasteiger partial charge on any atom is -0.497 e. The molecular formula is C80H106N6O18S2. The van der Waals surface area contributed by atoms with Crippen LogP contribution in [0.2, 0.25) is 0 Å². The van der Waals surface area contributed by atoms with Gasteiger partial charge in [-0.15, -0.1) is 0 Å². The van der Waals surface area contributed by atoms with Crippen LogP contribution in [0.25, 0.3) is 21.5 Å². The van der Waals surface area contributed by atoms with Gasteiger partial charge >= 0.3 is 11.9 Å². The number of ether oxygens (including phenoxy) is 6. The molecule has 24 nitrogen and oxygen atoms in total. The van der Waals surface area contributed by atoms with Gasteiger partial charge in [-0.05, 0) is 201 Å². The second kappa shape index (κ2) is 31.7. The van der Waals surface area contributed by atoms with Gasteiger partial charge in [0.1, 0.15) is 34.9 Å². The molecule has 6 fully saturated rings. The zero-order chi connectivity index (χ0) is 76.6. The minimum atomic E-state index is -3.85. The van der Waals surface area contributed by atoms with Crippen molar-refractivity contribution < 1.29 is 83.6 Å². The third-order valence-corrected chi connectivity index (χ3v) is 26.1. The van der Waals surface area contributed by atoms with Crippen molar-refractivity contribution in [3.8, 4) is 23.3 Å². The van der Waals surface area contributed by atoms with E-state index in [0.717, 1.165) is 47.2 Å². The first-order chi connectivity index (χ1) is 50.0. The van der Waals surface area contributed by atoms with Crippen molar-refractivity contribution >= 4 is 88.7 Å². The number of nitrogens with one attached hydrogen (secondary N) is 2. The van der Waals surface area contributed by atoms with E-state index in [1.165, 1.54) is 9.80 Å². The lowest BCUT2D eigenvalue weighted by atomic mass is 9.84. The quantitative estimate of drug-likeness (QED) is 0.0777. The monoisotopic (exact) mass is 1500 g/mol. The maximum atomic E-state index is 14.8. The number of sulfonamides is 2. The molecule has 4 amide bonds. The molecule has 4 aromatic rings. The average Bonchev–Trinajstić information content (AvgIpc) is 1.58. The normalized spacial score (nSPS) is 30.3. The largest absolute Gasteiger partial charge is 0.497 e. The van der Waals surface area contributed by atoms with Crippen LogP contribution in [0.15, 0.2) is 85.2 Å². The number of esters is 2. The highest BCUT2D eigenvalue weighted by Crippen LogP contribution is 2.59. The fourth-order valence-corrected chi connectivity index (χ4v) is 18.5. The second-order valence-corrected chi connectivity index (χ2v) is 37.2. The highest BCUT2D eigenvalue weighted by Gasteiger charge is 2.63. The standard InChI is InChI=1S/2C40H53N3O9S/c2*1-24-8-7-9-25(2)32(20-35(45)52-39(3,4)5)37(46)43-23-29(51-36-31-15-12-28(50-6)18-26(31)16-17-41-36)19-33(43)34(44)22-40(21-27(40)11-10-24)38(47)42-53(48,49)30-13-14-30/h2*10-12,15-18,24-25,27,29-30,32-33H,7-9,13-14,19-23H2,1-6H3,(H,42,47)/b2*11-10-/t24-,25+,27+,29+,32-,33-,40+;24-,25-,27-,29-,32+,33+,40-/m01/s1. The number of nitrogens with zero attached hydrogens (tertiary/aromatic N) is 4. The number of ketones is 2. The Bertz CT molecular complexity index is 4040. The molecule has 2 aromatic heterocycles. The average molecular weight is 1500 g/mol. The molecule has 12 rings (SSSR count). The Morgan fingerprint density at radius 3 is 1.25 bits per heavy atom. The summed E-state index contributed by atoms with van der Waals surface area (Å²) in [5.41, 5.74) is -3.98. The molecule has 8 aliphatic rings. The Balaban J connectivity index is 0.000000212. The molecule has 0 unspecified atom stereocenters. The van der Waals surface area contributed by atoms with Crippen molar-refractivity contribution in [1.29, 1.82) is 0 Å². The van der Waals surface area contributed by atoms with Crippen LogP contribution in [0.5, 0.6) is 23.3 Å². The Labute approximate surface area is 623 Å². The molecule has 6 heterocycles. The SMILES string of the molecule is COc1ccc2c(O[C@@H]3C[C@H]4C(=O)C[C@]5(C(=O)NS(=O)(=O)C6CC6)C[C@H]5/C=C\[C@@H](C)CCC[C@@H](C)[C@H](CC(=O)OC(C)(C)C)C(=O)N4C3)nccc2c1.COc1ccc2c(O[C@@H]3C[C@H]4C(=O)C[C@]5(C(=O)NS(=O)(=O)C6CC6)C[C@H]5/C=C\[C@H](C)CCC[C@@H](C)[C@H](CC(=O)OC(C)(C)C)C(=O)N4C3)nccc2c1. The van der Waals surface area contributed by atoms with E-state index in [9.17, 15) is 55.2 Å². The lowest BCUT2D eigenvalue weighted by molar-refractivity contribution is -0.160. The van der Waals surface area contributed by atoms with Gasteiger partial charge in [0, 0.05) is 48.8 Å². The van der Waals surface area contributed by atoms with Gasteiger partial charge in [0.05, 0.1) is 85.4 Å². The second-order valence-electron chi connectivity index (χ2n) is 33.3. The topological polar surface area (TPSA) is 317 Å². The molecule has 0 spiro atoms. The van der Waals surface area contributed by atoms with Gasteiger partial charge in [-0.25, -0.2) is 26.8 Å². The number of hydrogen-bond donors (Lipinski definition) is 2. The van der Waals surface area contributed by atoms with Crippen LogP contribution in [-0.2, 0) is 67.9 Å². The van der Waals surface area contributed by atoms with E-state index >= 15 is 0 Å². The first-order valence-corrected chi connectivity index (χ1v) is 40.9. The minimum absolute atomic E-state index is 0.0661. The summed E-state index contributed by atoms with van der Waals surface area (Å²) in [6.45, 7) is 18.9. The van der Waals surface area contributed by atoms with Crippen LogP contribution in [0, 0.1) is 58.2 Å². The van der Waals surface area contributed by atoms with Crippen LogP contribution in [-0.4, -0.2) is 157 Å². The number of benzene rings is 2. The Kier molecular flexibility index (Phi) is 23.6. The number of aromatic nitrogens is 2. The third kappa shape index (κ3) is 18.9. The third-order valence-electron chi connectivity index (χ3n) is 22.4. The van der Waals surface area contributed by atoms with Crippen molar-refractivity contribution in [3.63, 3.8) is 0 Å². The molecule has 4 aliphatic heterocycles. The zero-order valence-electron chi connectivity index (χ0n) is 63.3. The van der Waals surface area contributed by atoms with Crippen LogP contribution in [0.4, 0.5) is 0 Å². The molecular weight excluding hydrogens is 1400 g/mol. The fraction of sp³-hybridized carbons (Fsp3) is 0.625. The number of rotatable bonds is 16. The van der Waals surface area contributed by atoms with Gasteiger partial charge in [0.25, 0.3) is 0 Å². The van der Waals surface area contributed by atoms with Gasteiger partial charge in [-0.3, -0.25) is 47.8 Å². The predicted molar refractivity (Wildman–Crippen MR) is 397 cm³/mol. The van der Waals surface area contributed by atoms with Crippen LogP contribution >= 0.6 is 0 Å². The molecule has 0 radical (unpaired) electrons. The highest BCUT2D eigenvalue weighted by atomic mass is 32.2. The van der Waals surface area contributed by atoms with Gasteiger partial charge in [0.15, 0.2) is 11.6 Å². The Morgan fingerprint density at radius 2 is 0.906 bits per heavy atom. The molecule has 4 aliphatic carbocycles. The van der Waals surface area contributed by atoms with Crippen molar-refractivity contribution in [3.05, 3.63) is 85.2 Å². The first-order valence-electron chi connectivity index (χ1n) is 37.8. The van der Waals surface area contributed by atoms with Crippen molar-refractivity contribution in [2.45, 2.75) is 231 Å². The van der Waals surface area contributed by atoms with Crippen molar-refractivity contribution in [2.75, 3.05) is 27.3 Å². The summed E-state index contributed by atoms with van der Waals surface area (Å²) >= 11 is 0. The van der Waals surface area contributed by atoms with Crippen LogP contribution in [0.3, 0.4) is 0 Å². The lowest BCUT2D eigenvalue weighted by Crippen LogP contribution is -2.47. The first kappa shape index (κ1) is 79.1. The smallest absolute Gasteiger partial charge is 0.307 e. The number of methoxy groups -OCH3 is 2. The summed E-state index contributed by atoms with van der Waals surface area (Å²) in [6, 6.07) is 12.8. The highest BCUT2D eigenvalue weighted by molar-refractivity contribution is 7.91. The van der Waals surface area contributed by atoms with E-state index in [1.54, 1.807) is 80.3 Å². The number of hydrogen-bond acceptors (Lipinski definition) is 20. The van der Waals surface area contributed by atoms with E-state index in [4.69, 9.17) is 28.4 Å². The summed E-state index contributed by atoms with van der Waals surface area (Å²) < 4.78 is 91.2. The fourth-order valence-electron chi connectivity index (χ4n) is 15.8. The van der Waals surface area contributed by atoms with E-state index in [-0.39, 0.29) is 111 Å². The molecule has 106 heavy (non-hydrogen) atoms. The Hall–Kier alpha value is -8.00. The van der Waals surface area contributed by atoms with E-state index in [2.05, 4.69) is 33.3 Å². The van der Waals surface area contributed by atoms with Gasteiger partial charge in [-0.2, -0.15) is 0 Å². The molecule has 0 bridgehead atoms. The number of allylic oxidation sites excluding steroid dienone is 4. The number of pyridine rings is 2. The summed E-state index contributed by atoms with van der Waals surface area (Å²) in [4.78, 5) is 125. The number of carbonyl (C=O) groups is 8. The molecule has 26 heteroatoms. The van der Waals surface area contributed by atoms with E-state index in [0.29, 0.717) is 74.6 Å². The Morgan fingerprint density at radius 1 is 0.528 bits per heavy atom. The maximum Gasteiger partial charge on any atom is 0.307 e. The number of carbonyl (C=O) groups excluding carboxylic acids is 8. The summed E-state index contributed by atoms with van der Waals surface area (Å²) in [5.74, 6) is -3.87. The summed E-state index contributed by atoms with van der Waals surface area (Å²) in [6.07, 6.45) is 16.8. The zero-order valence-corrected chi connectivity index (χ0v) is 64.9. The molecule has 2 aromatic carbocycles. The number of fused-ring (bicyclic) bond motifs is 6. The summed E-state index contributed by atoms with van der Waals surface area (Å²) in [7, 11) is -4.52. The van der Waals surface area contributed by atoms with Gasteiger partial charge in [-0.1, -0.05) is 64.8 Å². The van der Waals surface area contributed by atoms with E-state index < -0.39 is 112 Å². The van der Waals surface area contributed by atoms with Gasteiger partial charge < -0.3 is 38.2 Å². The predicted octanol–water partition coefficient (Wildman–Crippen LogP) is 11.1. The van der Waals surface area contributed by atoms with Gasteiger partial charge in [0.2, 0.25) is 55.4 Å². The molecule has 2 saturated heterocycles. The van der Waals surface area contributed by atoms with Crippen molar-refractivity contribution in [1.82, 2.24) is 29.2 Å². The summed E-state index contributed by atoms with van der Waals surface area (Å²) in [5, 5.41) is 1.97. The number of Topliss-reactive ketones (excluding diaryl/α,β-unsaturated/α-hetero) is 2. The molecule has 576 valence electrons. The molecule has 4 saturated carbocycles. The van der Waals surface area contributed by atoms with E-state index in [1.807, 2.05) is 74.5 Å².